The molecule has 0 radical (unpaired) electrons. The minimum atomic E-state index is -0.225. The number of rotatable bonds is 2. The minimum Gasteiger partial charge on any atom is -0.493 e. The fourth-order valence-electron chi connectivity index (χ4n) is 3.42. The molecule has 4 N–H and O–H groups in total. The van der Waals surface area contributed by atoms with Crippen LogP contribution in [0.3, 0.4) is 0 Å². The molecule has 0 bridgehead atoms. The molecule has 2 atom stereocenters. The van der Waals surface area contributed by atoms with Crippen LogP contribution in [0.1, 0.15) is 30.9 Å². The van der Waals surface area contributed by atoms with E-state index in [1.54, 1.807) is 0 Å². The molecule has 5 heteroatoms. The lowest BCUT2D eigenvalue weighted by Gasteiger charge is -2.07. The van der Waals surface area contributed by atoms with E-state index in [0.29, 0.717) is 6.61 Å². The van der Waals surface area contributed by atoms with Crippen LogP contribution < -0.4 is 16.2 Å². The molecule has 1 amide bonds. The van der Waals surface area contributed by atoms with Gasteiger partial charge in [0, 0.05) is 17.9 Å². The summed E-state index contributed by atoms with van der Waals surface area (Å²) in [5, 5.41) is 0. The number of guanidine groups is 1. The van der Waals surface area contributed by atoms with Crippen molar-refractivity contribution in [2.24, 2.45) is 27.8 Å². The number of carbonyl (C=O) groups excluding carboxylic acids is 1. The molecule has 0 aromatic heterocycles. The molecule has 3 rings (SSSR count). The van der Waals surface area contributed by atoms with E-state index >= 15 is 0 Å². The summed E-state index contributed by atoms with van der Waals surface area (Å²) in [6.07, 6.45) is 0.904. The molecule has 106 valence electrons. The van der Waals surface area contributed by atoms with E-state index in [2.05, 4.69) is 24.9 Å². The van der Waals surface area contributed by atoms with Crippen molar-refractivity contribution >= 4 is 11.9 Å². The summed E-state index contributed by atoms with van der Waals surface area (Å²) in [6, 6.07) is 6.05. The second-order valence-electron chi connectivity index (χ2n) is 6.07. The molecule has 0 spiro atoms. The van der Waals surface area contributed by atoms with Gasteiger partial charge in [-0.1, -0.05) is 26.0 Å². The second kappa shape index (κ2) is 4.23. The maximum absolute atomic E-state index is 12.1. The number of carbonyl (C=O) groups is 1. The molecule has 1 saturated carbocycles. The first-order valence-corrected chi connectivity index (χ1v) is 6.81. The number of nitrogens with zero attached hydrogens (tertiary/aromatic N) is 1. The van der Waals surface area contributed by atoms with Crippen LogP contribution >= 0.6 is 0 Å². The van der Waals surface area contributed by atoms with Gasteiger partial charge in [0.25, 0.3) is 5.91 Å². The zero-order chi connectivity index (χ0) is 14.5. The van der Waals surface area contributed by atoms with Gasteiger partial charge in [0.2, 0.25) is 0 Å². The molecule has 1 aromatic carbocycles. The smallest absolute Gasteiger partial charge is 0.253 e. The van der Waals surface area contributed by atoms with Gasteiger partial charge in [-0.05, 0) is 17.0 Å². The van der Waals surface area contributed by atoms with Crippen molar-refractivity contribution in [1.29, 1.82) is 0 Å². The Morgan fingerprint density at radius 2 is 2.15 bits per heavy atom. The van der Waals surface area contributed by atoms with Gasteiger partial charge in [0.05, 0.1) is 12.5 Å². The van der Waals surface area contributed by atoms with E-state index in [1.165, 1.54) is 11.1 Å². The number of ether oxygens (including phenoxy) is 1. The van der Waals surface area contributed by atoms with Gasteiger partial charge in [-0.15, -0.1) is 0 Å². The van der Waals surface area contributed by atoms with Crippen LogP contribution in [-0.4, -0.2) is 18.5 Å². The van der Waals surface area contributed by atoms with E-state index in [-0.39, 0.29) is 29.1 Å². The first kappa shape index (κ1) is 13.0. The largest absolute Gasteiger partial charge is 0.493 e. The van der Waals surface area contributed by atoms with Gasteiger partial charge < -0.3 is 16.2 Å². The number of hydrogen-bond donors (Lipinski definition) is 2. The second-order valence-corrected chi connectivity index (χ2v) is 6.07. The fourth-order valence-corrected chi connectivity index (χ4v) is 3.42. The van der Waals surface area contributed by atoms with Crippen LogP contribution in [0.15, 0.2) is 23.2 Å². The van der Waals surface area contributed by atoms with Crippen molar-refractivity contribution < 1.29 is 9.53 Å². The third-order valence-corrected chi connectivity index (χ3v) is 4.45. The van der Waals surface area contributed by atoms with E-state index < -0.39 is 0 Å². The molecule has 1 fully saturated rings. The summed E-state index contributed by atoms with van der Waals surface area (Å²) in [5.41, 5.74) is 12.9. The SMILES string of the molecule is CC1(C)C(c2cccc3c2CCO3)[C@H]1C(=O)N=C(N)N. The third-order valence-electron chi connectivity index (χ3n) is 4.45. The predicted octanol–water partition coefficient (Wildman–Crippen LogP) is 1.16. The average Bonchev–Trinajstić information content (AvgIpc) is 2.73. The quantitative estimate of drug-likeness (QED) is 0.625. The topological polar surface area (TPSA) is 90.7 Å². The minimum absolute atomic E-state index is 0.117. The van der Waals surface area contributed by atoms with Crippen molar-refractivity contribution in [2.75, 3.05) is 6.61 Å². The highest BCUT2D eigenvalue weighted by Gasteiger charge is 2.63. The van der Waals surface area contributed by atoms with E-state index in [0.717, 1.165) is 12.2 Å². The van der Waals surface area contributed by atoms with Crippen molar-refractivity contribution in [3.05, 3.63) is 29.3 Å². The molecule has 0 saturated heterocycles. The van der Waals surface area contributed by atoms with Crippen LogP contribution in [-0.2, 0) is 11.2 Å². The lowest BCUT2D eigenvalue weighted by Crippen LogP contribution is -2.25. The molecule has 1 aliphatic carbocycles. The zero-order valence-corrected chi connectivity index (χ0v) is 11.7. The van der Waals surface area contributed by atoms with E-state index in [9.17, 15) is 4.79 Å². The molecule has 1 heterocycles. The van der Waals surface area contributed by atoms with Gasteiger partial charge in [0.15, 0.2) is 5.96 Å². The van der Waals surface area contributed by atoms with Crippen molar-refractivity contribution in [3.63, 3.8) is 0 Å². The monoisotopic (exact) mass is 273 g/mol. The Bertz CT molecular complexity index is 603. The lowest BCUT2D eigenvalue weighted by molar-refractivity contribution is -0.119. The molecule has 5 nitrogen and oxygen atoms in total. The number of hydrogen-bond acceptors (Lipinski definition) is 2. The number of benzene rings is 1. The Balaban J connectivity index is 1.94. The molecular formula is C15H19N3O2. The first-order valence-electron chi connectivity index (χ1n) is 6.81. The Kier molecular flexibility index (Phi) is 2.74. The van der Waals surface area contributed by atoms with Gasteiger partial charge in [-0.25, -0.2) is 0 Å². The van der Waals surface area contributed by atoms with Crippen molar-refractivity contribution in [2.45, 2.75) is 26.2 Å². The van der Waals surface area contributed by atoms with Gasteiger partial charge in [-0.3, -0.25) is 4.79 Å². The first-order chi connectivity index (χ1) is 9.43. The average molecular weight is 273 g/mol. The van der Waals surface area contributed by atoms with Crippen LogP contribution in [0.25, 0.3) is 0 Å². The number of nitrogens with two attached hydrogens (primary N) is 2. The van der Waals surface area contributed by atoms with Crippen LogP contribution in [0.2, 0.25) is 0 Å². The Morgan fingerprint density at radius 1 is 1.40 bits per heavy atom. The fraction of sp³-hybridized carbons (Fsp3) is 0.467. The predicted molar refractivity (Wildman–Crippen MR) is 76.5 cm³/mol. The molecule has 1 aromatic rings. The van der Waals surface area contributed by atoms with Crippen molar-refractivity contribution in [3.8, 4) is 5.75 Å². The van der Waals surface area contributed by atoms with E-state index in [1.807, 2.05) is 12.1 Å². The normalized spacial score (nSPS) is 25.5. The Morgan fingerprint density at radius 3 is 2.85 bits per heavy atom. The van der Waals surface area contributed by atoms with E-state index in [4.69, 9.17) is 16.2 Å². The maximum Gasteiger partial charge on any atom is 0.253 e. The standard InChI is InChI=1S/C15H19N3O2/c1-15(2)11(12(15)13(19)18-14(16)17)9-4-3-5-10-8(9)6-7-20-10/h3-5,11-12H,6-7H2,1-2H3,(H4,16,17,18,19)/t11?,12-/m0/s1. The molecule has 20 heavy (non-hydrogen) atoms. The summed E-state index contributed by atoms with van der Waals surface area (Å²) in [7, 11) is 0. The summed E-state index contributed by atoms with van der Waals surface area (Å²) in [4.78, 5) is 15.8. The number of aliphatic imine (C=N–C) groups is 1. The van der Waals surface area contributed by atoms with Crippen LogP contribution in [0.5, 0.6) is 5.75 Å². The highest BCUT2D eigenvalue weighted by atomic mass is 16.5. The Labute approximate surface area is 118 Å². The molecule has 1 unspecified atom stereocenters. The van der Waals surface area contributed by atoms with Gasteiger partial charge in [0.1, 0.15) is 5.75 Å². The highest BCUT2D eigenvalue weighted by molar-refractivity contribution is 5.95. The summed E-state index contributed by atoms with van der Waals surface area (Å²) in [5.74, 6) is 0.555. The van der Waals surface area contributed by atoms with Gasteiger partial charge in [-0.2, -0.15) is 4.99 Å². The van der Waals surface area contributed by atoms with Crippen LogP contribution in [0, 0.1) is 11.3 Å². The number of amides is 1. The lowest BCUT2D eigenvalue weighted by atomic mass is 9.96. The van der Waals surface area contributed by atoms with Crippen LogP contribution in [0.4, 0.5) is 0 Å². The van der Waals surface area contributed by atoms with Crippen molar-refractivity contribution in [1.82, 2.24) is 0 Å². The summed E-state index contributed by atoms with van der Waals surface area (Å²) < 4.78 is 5.59. The highest BCUT2D eigenvalue weighted by Crippen LogP contribution is 2.66. The third kappa shape index (κ3) is 1.85. The van der Waals surface area contributed by atoms with Gasteiger partial charge >= 0.3 is 0 Å². The maximum atomic E-state index is 12.1. The zero-order valence-electron chi connectivity index (χ0n) is 11.7. The molecule has 2 aliphatic rings. The molecule has 1 aliphatic heterocycles. The Hall–Kier alpha value is -2.04. The molecular weight excluding hydrogens is 254 g/mol. The summed E-state index contributed by atoms with van der Waals surface area (Å²) in [6.45, 7) is 4.88. The number of fused-ring (bicyclic) bond motifs is 1. The summed E-state index contributed by atoms with van der Waals surface area (Å²) >= 11 is 0.